The van der Waals surface area contributed by atoms with Crippen molar-refractivity contribution in [3.63, 3.8) is 0 Å². The van der Waals surface area contributed by atoms with E-state index in [1.807, 2.05) is 0 Å². The molecule has 0 aromatic heterocycles. The van der Waals surface area contributed by atoms with Gasteiger partial charge in [-0.2, -0.15) is 0 Å². The SMILES string of the molecule is O=C(NCC1(O)CCCCC1)c1cccc(F)c1. The Balaban J connectivity index is 1.92. The van der Waals surface area contributed by atoms with Gasteiger partial charge >= 0.3 is 0 Å². The highest BCUT2D eigenvalue weighted by molar-refractivity contribution is 5.94. The summed E-state index contributed by atoms with van der Waals surface area (Å²) in [5.74, 6) is -0.771. The van der Waals surface area contributed by atoms with E-state index in [0.29, 0.717) is 0 Å². The summed E-state index contributed by atoms with van der Waals surface area (Å²) in [5, 5.41) is 12.9. The third-order valence-electron chi connectivity index (χ3n) is 3.45. The number of carbonyl (C=O) groups is 1. The van der Waals surface area contributed by atoms with Crippen LogP contribution in [0.3, 0.4) is 0 Å². The van der Waals surface area contributed by atoms with Gasteiger partial charge in [0.1, 0.15) is 5.82 Å². The fourth-order valence-corrected chi connectivity index (χ4v) is 2.36. The minimum atomic E-state index is -0.790. The fraction of sp³-hybridized carbons (Fsp3) is 0.500. The van der Waals surface area contributed by atoms with Crippen LogP contribution in [0.5, 0.6) is 0 Å². The van der Waals surface area contributed by atoms with Gasteiger partial charge in [-0.1, -0.05) is 25.3 Å². The maximum Gasteiger partial charge on any atom is 0.251 e. The van der Waals surface area contributed by atoms with Crippen molar-refractivity contribution in [2.24, 2.45) is 0 Å². The standard InChI is InChI=1S/C14H18FNO2/c15-12-6-4-5-11(9-12)13(17)16-10-14(18)7-2-1-3-8-14/h4-6,9,18H,1-3,7-8,10H2,(H,16,17). The van der Waals surface area contributed by atoms with E-state index in [9.17, 15) is 14.3 Å². The molecule has 0 unspecified atom stereocenters. The maximum absolute atomic E-state index is 13.0. The smallest absolute Gasteiger partial charge is 0.251 e. The number of nitrogens with one attached hydrogen (secondary N) is 1. The maximum atomic E-state index is 13.0. The molecule has 1 aromatic rings. The number of benzene rings is 1. The van der Waals surface area contributed by atoms with Crippen LogP contribution in [0.2, 0.25) is 0 Å². The summed E-state index contributed by atoms with van der Waals surface area (Å²) in [7, 11) is 0. The summed E-state index contributed by atoms with van der Waals surface area (Å²) in [6.07, 6.45) is 4.56. The van der Waals surface area contributed by atoms with Gasteiger partial charge in [-0.25, -0.2) is 4.39 Å². The molecule has 0 heterocycles. The molecule has 0 radical (unpaired) electrons. The quantitative estimate of drug-likeness (QED) is 0.865. The van der Waals surface area contributed by atoms with Gasteiger partial charge in [-0.05, 0) is 31.0 Å². The first-order valence-corrected chi connectivity index (χ1v) is 6.35. The summed E-state index contributed by atoms with van der Waals surface area (Å²) < 4.78 is 13.0. The lowest BCUT2D eigenvalue weighted by molar-refractivity contribution is 0.00525. The van der Waals surface area contributed by atoms with E-state index in [0.717, 1.165) is 32.1 Å². The Hall–Kier alpha value is -1.42. The number of halogens is 1. The molecule has 18 heavy (non-hydrogen) atoms. The van der Waals surface area contributed by atoms with Gasteiger partial charge in [0.05, 0.1) is 5.60 Å². The largest absolute Gasteiger partial charge is 0.388 e. The van der Waals surface area contributed by atoms with Gasteiger partial charge in [-0.15, -0.1) is 0 Å². The zero-order valence-electron chi connectivity index (χ0n) is 10.3. The van der Waals surface area contributed by atoms with E-state index in [-0.39, 0.29) is 18.0 Å². The lowest BCUT2D eigenvalue weighted by Gasteiger charge is -2.32. The zero-order chi connectivity index (χ0) is 13.0. The Morgan fingerprint density at radius 2 is 2.06 bits per heavy atom. The highest BCUT2D eigenvalue weighted by Gasteiger charge is 2.29. The number of amides is 1. The molecule has 4 heteroatoms. The van der Waals surface area contributed by atoms with Crippen molar-refractivity contribution in [3.8, 4) is 0 Å². The van der Waals surface area contributed by atoms with Crippen molar-refractivity contribution < 1.29 is 14.3 Å². The summed E-state index contributed by atoms with van der Waals surface area (Å²) in [5.41, 5.74) is -0.504. The third kappa shape index (κ3) is 3.29. The monoisotopic (exact) mass is 251 g/mol. The second kappa shape index (κ2) is 5.48. The van der Waals surface area contributed by atoms with Gasteiger partial charge in [-0.3, -0.25) is 4.79 Å². The molecule has 1 aliphatic carbocycles. The molecule has 0 atom stereocenters. The van der Waals surface area contributed by atoms with Gasteiger partial charge in [0.2, 0.25) is 0 Å². The average Bonchev–Trinajstić information content (AvgIpc) is 2.37. The van der Waals surface area contributed by atoms with Crippen molar-refractivity contribution >= 4 is 5.91 Å². The van der Waals surface area contributed by atoms with Crippen molar-refractivity contribution in [1.29, 1.82) is 0 Å². The Morgan fingerprint density at radius 3 is 2.72 bits per heavy atom. The predicted molar refractivity (Wildman–Crippen MR) is 66.8 cm³/mol. The summed E-state index contributed by atoms with van der Waals surface area (Å²) in [6.45, 7) is 0.238. The fourth-order valence-electron chi connectivity index (χ4n) is 2.36. The van der Waals surface area contributed by atoms with Crippen LogP contribution in [0, 0.1) is 5.82 Å². The summed E-state index contributed by atoms with van der Waals surface area (Å²) >= 11 is 0. The van der Waals surface area contributed by atoms with E-state index in [1.54, 1.807) is 6.07 Å². The molecule has 98 valence electrons. The Bertz CT molecular complexity index is 428. The summed E-state index contributed by atoms with van der Waals surface area (Å²) in [4.78, 5) is 11.8. The molecule has 0 aliphatic heterocycles. The van der Waals surface area contributed by atoms with Crippen LogP contribution in [0.25, 0.3) is 0 Å². The number of hydrogen-bond donors (Lipinski definition) is 2. The summed E-state index contributed by atoms with van der Waals surface area (Å²) in [6, 6.07) is 5.55. The Labute approximate surface area is 106 Å². The molecule has 0 spiro atoms. The van der Waals surface area contributed by atoms with Crippen molar-refractivity contribution in [2.75, 3.05) is 6.54 Å². The normalized spacial score (nSPS) is 18.3. The number of hydrogen-bond acceptors (Lipinski definition) is 2. The molecule has 1 saturated carbocycles. The minimum absolute atomic E-state index is 0.238. The van der Waals surface area contributed by atoms with E-state index in [4.69, 9.17) is 0 Å². The minimum Gasteiger partial charge on any atom is -0.388 e. The Kier molecular flexibility index (Phi) is 3.97. The first-order chi connectivity index (χ1) is 8.59. The lowest BCUT2D eigenvalue weighted by atomic mass is 9.85. The Morgan fingerprint density at radius 1 is 1.33 bits per heavy atom. The van der Waals surface area contributed by atoms with Crippen molar-refractivity contribution in [2.45, 2.75) is 37.7 Å². The molecule has 0 bridgehead atoms. The average molecular weight is 251 g/mol. The third-order valence-corrected chi connectivity index (χ3v) is 3.45. The second-order valence-electron chi connectivity index (χ2n) is 4.98. The molecule has 2 N–H and O–H groups in total. The van der Waals surface area contributed by atoms with Gasteiger partial charge in [0.15, 0.2) is 0 Å². The lowest BCUT2D eigenvalue weighted by Crippen LogP contribution is -2.44. The van der Waals surface area contributed by atoms with Crippen LogP contribution >= 0.6 is 0 Å². The molecule has 0 saturated heterocycles. The first-order valence-electron chi connectivity index (χ1n) is 6.35. The second-order valence-corrected chi connectivity index (χ2v) is 4.98. The topological polar surface area (TPSA) is 49.3 Å². The van der Waals surface area contributed by atoms with Crippen molar-refractivity contribution in [3.05, 3.63) is 35.6 Å². The highest BCUT2D eigenvalue weighted by atomic mass is 19.1. The molecule has 2 rings (SSSR count). The van der Waals surface area contributed by atoms with Crippen LogP contribution in [-0.2, 0) is 0 Å². The number of aliphatic hydroxyl groups is 1. The van der Waals surface area contributed by atoms with E-state index < -0.39 is 11.4 Å². The van der Waals surface area contributed by atoms with Gasteiger partial charge in [0, 0.05) is 12.1 Å². The first kappa shape index (κ1) is 13.0. The van der Waals surface area contributed by atoms with Crippen LogP contribution in [0.4, 0.5) is 4.39 Å². The van der Waals surface area contributed by atoms with Crippen LogP contribution in [0.15, 0.2) is 24.3 Å². The molecule has 1 aromatic carbocycles. The van der Waals surface area contributed by atoms with Crippen LogP contribution < -0.4 is 5.32 Å². The zero-order valence-corrected chi connectivity index (χ0v) is 10.3. The molecular weight excluding hydrogens is 233 g/mol. The molecule has 3 nitrogen and oxygen atoms in total. The predicted octanol–water partition coefficient (Wildman–Crippen LogP) is 2.25. The van der Waals surface area contributed by atoms with E-state index in [2.05, 4.69) is 5.32 Å². The molecular formula is C14H18FNO2. The van der Waals surface area contributed by atoms with Gasteiger partial charge < -0.3 is 10.4 Å². The van der Waals surface area contributed by atoms with Crippen LogP contribution in [-0.4, -0.2) is 23.2 Å². The molecule has 1 aliphatic rings. The number of carbonyl (C=O) groups excluding carboxylic acids is 1. The molecule has 1 amide bonds. The highest BCUT2D eigenvalue weighted by Crippen LogP contribution is 2.27. The van der Waals surface area contributed by atoms with E-state index in [1.165, 1.54) is 18.2 Å². The molecule has 1 fully saturated rings. The number of rotatable bonds is 3. The van der Waals surface area contributed by atoms with Gasteiger partial charge in [0.25, 0.3) is 5.91 Å². The van der Waals surface area contributed by atoms with Crippen LogP contribution in [0.1, 0.15) is 42.5 Å². The van der Waals surface area contributed by atoms with Crippen molar-refractivity contribution in [1.82, 2.24) is 5.32 Å². The van der Waals surface area contributed by atoms with E-state index >= 15 is 0 Å².